The second kappa shape index (κ2) is 7.54. The van der Waals surface area contributed by atoms with Crippen LogP contribution in [0.25, 0.3) is 0 Å². The van der Waals surface area contributed by atoms with E-state index in [0.29, 0.717) is 5.75 Å². The van der Waals surface area contributed by atoms with Gasteiger partial charge in [-0.15, -0.1) is 0 Å². The summed E-state index contributed by atoms with van der Waals surface area (Å²) in [4.78, 5) is 14.4. The summed E-state index contributed by atoms with van der Waals surface area (Å²) in [5.74, 6) is -0.386. The average molecular weight is 384 g/mol. The number of aliphatic hydroxyl groups is 1. The van der Waals surface area contributed by atoms with Crippen molar-refractivity contribution in [2.45, 2.75) is 32.5 Å². The van der Waals surface area contributed by atoms with Gasteiger partial charge in [-0.3, -0.25) is 4.79 Å². The lowest BCUT2D eigenvalue weighted by molar-refractivity contribution is -0.144. The summed E-state index contributed by atoms with van der Waals surface area (Å²) in [6.45, 7) is 5.58. The Kier molecular flexibility index (Phi) is 5.99. The summed E-state index contributed by atoms with van der Waals surface area (Å²) < 4.78 is 31.1. The number of β-amino-alcohol motifs (C(OH)–C–C–N with tert-alkyl or cyclic N) is 1. The van der Waals surface area contributed by atoms with Crippen molar-refractivity contribution in [2.24, 2.45) is 5.92 Å². The number of carbonyl (C=O) groups excluding carboxylic acids is 1. The van der Waals surface area contributed by atoms with Crippen molar-refractivity contribution in [2.75, 3.05) is 32.9 Å². The summed E-state index contributed by atoms with van der Waals surface area (Å²) in [7, 11) is -0.535. The lowest BCUT2D eigenvalue weighted by atomic mass is 10.1. The van der Waals surface area contributed by atoms with Gasteiger partial charge < -0.3 is 14.7 Å². The van der Waals surface area contributed by atoms with Gasteiger partial charge in [0.2, 0.25) is 10.0 Å². The van der Waals surface area contributed by atoms with Crippen LogP contribution in [0.5, 0.6) is 5.75 Å². The molecule has 1 heterocycles. The van der Waals surface area contributed by atoms with E-state index < -0.39 is 27.6 Å². The summed E-state index contributed by atoms with van der Waals surface area (Å²) >= 11 is 0. The number of carbonyl (C=O) groups is 1. The molecule has 1 aromatic carbocycles. The van der Waals surface area contributed by atoms with E-state index in [1.165, 1.54) is 19.0 Å². The number of rotatable bonds is 6. The summed E-state index contributed by atoms with van der Waals surface area (Å²) in [6.07, 6.45) is -0.872. The molecular weight excluding hydrogens is 356 g/mol. The van der Waals surface area contributed by atoms with E-state index in [9.17, 15) is 18.3 Å². The first-order valence-corrected chi connectivity index (χ1v) is 10.2. The topological polar surface area (TPSA) is 87.2 Å². The molecule has 1 aliphatic rings. The predicted octanol–water partition coefficient (Wildman–Crippen LogP) is 0.863. The molecule has 0 aromatic heterocycles. The van der Waals surface area contributed by atoms with E-state index in [-0.39, 0.29) is 24.7 Å². The predicted molar refractivity (Wildman–Crippen MR) is 99.4 cm³/mol. The van der Waals surface area contributed by atoms with Gasteiger partial charge in [-0.1, -0.05) is 12.1 Å². The van der Waals surface area contributed by atoms with Crippen molar-refractivity contribution in [3.05, 3.63) is 29.8 Å². The normalized spacial score (nSPS) is 21.3. The Morgan fingerprint density at radius 3 is 2.58 bits per heavy atom. The Labute approximate surface area is 155 Å². The van der Waals surface area contributed by atoms with E-state index in [1.54, 1.807) is 19.9 Å². The van der Waals surface area contributed by atoms with Crippen LogP contribution in [-0.4, -0.2) is 73.3 Å². The average Bonchev–Trinajstić information content (AvgIpc) is 2.86. The molecule has 2 rings (SSSR count). The maximum absolute atomic E-state index is 12.9. The minimum Gasteiger partial charge on any atom is -0.478 e. The molecule has 0 bridgehead atoms. The highest BCUT2D eigenvalue weighted by atomic mass is 32.2. The highest BCUT2D eigenvalue weighted by Gasteiger charge is 2.42. The Morgan fingerprint density at radius 2 is 2.00 bits per heavy atom. The van der Waals surface area contributed by atoms with Gasteiger partial charge in [-0.2, -0.15) is 0 Å². The fraction of sp³-hybridized carbons (Fsp3) is 0.611. The smallest absolute Gasteiger partial charge is 0.266 e. The highest BCUT2D eigenvalue weighted by molar-refractivity contribution is 7.89. The maximum atomic E-state index is 12.9. The van der Waals surface area contributed by atoms with Crippen molar-refractivity contribution in [3.8, 4) is 5.75 Å². The third-order valence-electron chi connectivity index (χ3n) is 4.55. The summed E-state index contributed by atoms with van der Waals surface area (Å²) in [5.41, 5.74) is -0.0978. The maximum Gasteiger partial charge on any atom is 0.266 e. The van der Waals surface area contributed by atoms with Crippen LogP contribution >= 0.6 is 0 Å². The molecule has 1 amide bonds. The number of aliphatic hydroxyl groups excluding tert-OH is 1. The van der Waals surface area contributed by atoms with E-state index >= 15 is 0 Å². The zero-order chi connectivity index (χ0) is 19.7. The van der Waals surface area contributed by atoms with Crippen LogP contribution in [0.4, 0.5) is 0 Å². The molecule has 26 heavy (non-hydrogen) atoms. The number of likely N-dealkylation sites (tertiary alicyclic amines) is 1. The molecule has 7 nitrogen and oxygen atoms in total. The quantitative estimate of drug-likeness (QED) is 0.786. The second-order valence-electron chi connectivity index (χ2n) is 7.53. The first-order chi connectivity index (χ1) is 11.9. The Bertz CT molecular complexity index is 761. The molecule has 2 atom stereocenters. The van der Waals surface area contributed by atoms with Gasteiger partial charge >= 0.3 is 0 Å². The molecule has 0 radical (unpaired) electrons. The van der Waals surface area contributed by atoms with Crippen LogP contribution in [0.2, 0.25) is 0 Å². The van der Waals surface area contributed by atoms with Crippen LogP contribution in [0.1, 0.15) is 19.4 Å². The van der Waals surface area contributed by atoms with Gasteiger partial charge in [-0.25, -0.2) is 12.7 Å². The molecule has 0 saturated carbocycles. The zero-order valence-electron chi connectivity index (χ0n) is 16.0. The fourth-order valence-electron chi connectivity index (χ4n) is 3.00. The number of benzene rings is 1. The van der Waals surface area contributed by atoms with Crippen molar-refractivity contribution in [1.82, 2.24) is 9.21 Å². The molecule has 1 aliphatic heterocycles. The van der Waals surface area contributed by atoms with E-state index in [2.05, 4.69) is 0 Å². The first kappa shape index (κ1) is 20.7. The third kappa shape index (κ3) is 4.75. The number of nitrogens with zero attached hydrogens (tertiary/aromatic N) is 2. The lowest BCUT2D eigenvalue weighted by Crippen LogP contribution is -2.48. The molecule has 1 aromatic rings. The van der Waals surface area contributed by atoms with Crippen molar-refractivity contribution in [3.63, 3.8) is 0 Å². The Morgan fingerprint density at radius 1 is 1.35 bits per heavy atom. The molecule has 0 aliphatic carbocycles. The van der Waals surface area contributed by atoms with Gasteiger partial charge in [0.25, 0.3) is 5.91 Å². The molecule has 0 spiro atoms. The molecule has 0 unspecified atom stereocenters. The summed E-state index contributed by atoms with van der Waals surface area (Å²) in [6, 6.07) is 7.43. The number of hydrogen-bond donors (Lipinski definition) is 1. The van der Waals surface area contributed by atoms with Gasteiger partial charge in [0, 0.05) is 33.1 Å². The highest BCUT2D eigenvalue weighted by Crippen LogP contribution is 2.26. The number of hydrogen-bond acceptors (Lipinski definition) is 5. The van der Waals surface area contributed by atoms with Crippen LogP contribution < -0.4 is 4.74 Å². The van der Waals surface area contributed by atoms with E-state index in [4.69, 9.17) is 4.74 Å². The molecule has 8 heteroatoms. The second-order valence-corrected chi connectivity index (χ2v) is 9.75. The number of sulfonamides is 1. The van der Waals surface area contributed by atoms with Crippen LogP contribution in [0.15, 0.2) is 24.3 Å². The van der Waals surface area contributed by atoms with Gasteiger partial charge in [0.05, 0.1) is 11.9 Å². The van der Waals surface area contributed by atoms with Crippen LogP contribution in [0.3, 0.4) is 0 Å². The largest absolute Gasteiger partial charge is 0.478 e. The third-order valence-corrected chi connectivity index (χ3v) is 6.51. The monoisotopic (exact) mass is 384 g/mol. The molecular formula is C18H28N2O5S. The van der Waals surface area contributed by atoms with Gasteiger partial charge in [0.1, 0.15) is 5.75 Å². The molecule has 1 fully saturated rings. The number of aryl methyl sites for hydroxylation is 1. The van der Waals surface area contributed by atoms with Crippen LogP contribution in [0, 0.1) is 12.8 Å². The van der Waals surface area contributed by atoms with Gasteiger partial charge in [0.15, 0.2) is 5.60 Å². The Balaban J connectivity index is 2.07. The summed E-state index contributed by atoms with van der Waals surface area (Å²) in [5, 5.41) is 10.2. The molecule has 146 valence electrons. The Hall–Kier alpha value is -1.64. The SMILES string of the molecule is Cc1cccc(OC(C)(C)C(=O)N2C[C@@H](CS(=O)(=O)N(C)C)[C@H](O)C2)c1. The van der Waals surface area contributed by atoms with Crippen molar-refractivity contribution >= 4 is 15.9 Å². The molecule has 1 saturated heterocycles. The van der Waals surface area contributed by atoms with E-state index in [1.807, 2.05) is 25.1 Å². The first-order valence-electron chi connectivity index (χ1n) is 8.56. The van der Waals surface area contributed by atoms with Crippen molar-refractivity contribution < 1.29 is 23.1 Å². The standard InChI is InChI=1S/C18H28N2O5S/c1-13-7-6-8-15(9-13)25-18(2,3)17(22)20-10-14(16(21)11-20)12-26(23,24)19(4)5/h6-9,14,16,21H,10-12H2,1-5H3/t14-,16+/m0/s1. The zero-order valence-corrected chi connectivity index (χ0v) is 16.8. The minimum absolute atomic E-state index is 0.104. The minimum atomic E-state index is -3.45. The van der Waals surface area contributed by atoms with Crippen LogP contribution in [-0.2, 0) is 14.8 Å². The van der Waals surface area contributed by atoms with Crippen molar-refractivity contribution in [1.29, 1.82) is 0 Å². The fourth-order valence-corrected chi connectivity index (χ4v) is 4.17. The molecule has 1 N–H and O–H groups in total. The van der Waals surface area contributed by atoms with Gasteiger partial charge in [-0.05, 0) is 38.5 Å². The van der Waals surface area contributed by atoms with E-state index in [0.717, 1.165) is 9.87 Å². The lowest BCUT2D eigenvalue weighted by Gasteiger charge is -2.30. The number of amides is 1. The number of ether oxygens (including phenoxy) is 1.